The molecule has 0 saturated carbocycles. The molecular weight excluding hydrogens is 413 g/mol. The minimum atomic E-state index is -0.545. The average Bonchev–Trinajstić information content (AvgIpc) is 3.21. The second-order valence-corrected chi connectivity index (χ2v) is 7.02. The van der Waals surface area contributed by atoms with Gasteiger partial charge in [-0.05, 0) is 42.3 Å². The van der Waals surface area contributed by atoms with Crippen LogP contribution in [0.1, 0.15) is 23.0 Å². The Kier molecular flexibility index (Phi) is 4.66. The number of hydrogen-bond acceptors (Lipinski definition) is 6. The van der Waals surface area contributed by atoms with Gasteiger partial charge in [-0.2, -0.15) is 5.10 Å². The summed E-state index contributed by atoms with van der Waals surface area (Å²) >= 11 is 0. The number of pyridine rings is 2. The van der Waals surface area contributed by atoms with E-state index in [1.54, 1.807) is 22.7 Å². The molecule has 9 nitrogen and oxygen atoms in total. The highest BCUT2D eigenvalue weighted by molar-refractivity contribution is 5.99. The summed E-state index contributed by atoms with van der Waals surface area (Å²) in [6.45, 7) is 1.95. The number of nitrogens with one attached hydrogen (secondary N) is 1. The molecular formula is C22H16FN7O2. The van der Waals surface area contributed by atoms with Gasteiger partial charge >= 0.3 is 0 Å². The zero-order valence-corrected chi connectivity index (χ0v) is 16.9. The SMILES string of the molecule is CCc1nn2c(nnc3c(=O)n(NC(=O)c4ccncc4)ccc32)c1-c1ccc(F)cc1. The minimum absolute atomic E-state index is 0.0471. The van der Waals surface area contributed by atoms with Crippen molar-refractivity contribution in [1.29, 1.82) is 0 Å². The molecule has 0 unspecified atom stereocenters. The average molecular weight is 429 g/mol. The predicted molar refractivity (Wildman–Crippen MR) is 115 cm³/mol. The lowest BCUT2D eigenvalue weighted by Crippen LogP contribution is -2.33. The molecule has 5 rings (SSSR count). The molecule has 1 aromatic carbocycles. The van der Waals surface area contributed by atoms with Gasteiger partial charge in [0.2, 0.25) is 0 Å². The third-order valence-corrected chi connectivity index (χ3v) is 5.08. The largest absolute Gasteiger partial charge is 0.299 e. The first kappa shape index (κ1) is 19.5. The highest BCUT2D eigenvalue weighted by Crippen LogP contribution is 2.29. The van der Waals surface area contributed by atoms with Crippen molar-refractivity contribution < 1.29 is 9.18 Å². The third-order valence-electron chi connectivity index (χ3n) is 5.08. The normalized spacial score (nSPS) is 11.2. The van der Waals surface area contributed by atoms with E-state index in [0.717, 1.165) is 21.5 Å². The number of aryl methyl sites for hydroxylation is 1. The Morgan fingerprint density at radius 2 is 1.81 bits per heavy atom. The van der Waals surface area contributed by atoms with E-state index < -0.39 is 11.5 Å². The first-order valence-electron chi connectivity index (χ1n) is 9.84. The first-order valence-corrected chi connectivity index (χ1v) is 9.84. The number of carbonyl (C=O) groups is 1. The summed E-state index contributed by atoms with van der Waals surface area (Å²) in [4.78, 5) is 29.2. The van der Waals surface area contributed by atoms with Crippen LogP contribution in [-0.4, -0.2) is 35.4 Å². The Balaban J connectivity index is 1.63. The van der Waals surface area contributed by atoms with Crippen LogP contribution in [0.3, 0.4) is 0 Å². The number of amides is 1. The summed E-state index contributed by atoms with van der Waals surface area (Å²) in [5.74, 6) is -0.803. The summed E-state index contributed by atoms with van der Waals surface area (Å²) in [5.41, 5.74) is 5.52. The molecule has 4 heterocycles. The highest BCUT2D eigenvalue weighted by atomic mass is 19.1. The molecule has 0 aliphatic carbocycles. The van der Waals surface area contributed by atoms with Gasteiger partial charge in [-0.1, -0.05) is 19.1 Å². The molecule has 1 amide bonds. The summed E-state index contributed by atoms with van der Waals surface area (Å²) in [7, 11) is 0. The van der Waals surface area contributed by atoms with E-state index in [4.69, 9.17) is 0 Å². The maximum absolute atomic E-state index is 13.4. The van der Waals surface area contributed by atoms with E-state index in [-0.39, 0.29) is 11.3 Å². The van der Waals surface area contributed by atoms with Crippen LogP contribution in [0.5, 0.6) is 0 Å². The summed E-state index contributed by atoms with van der Waals surface area (Å²) in [6, 6.07) is 10.8. The van der Waals surface area contributed by atoms with Crippen molar-refractivity contribution in [3.63, 3.8) is 0 Å². The van der Waals surface area contributed by atoms with Gasteiger partial charge in [0.1, 0.15) is 11.3 Å². The van der Waals surface area contributed by atoms with Crippen molar-refractivity contribution in [2.24, 2.45) is 0 Å². The van der Waals surface area contributed by atoms with Gasteiger partial charge in [-0.3, -0.25) is 20.0 Å². The van der Waals surface area contributed by atoms with Crippen molar-refractivity contribution >= 4 is 22.6 Å². The van der Waals surface area contributed by atoms with E-state index in [9.17, 15) is 14.0 Å². The molecule has 5 aromatic rings. The van der Waals surface area contributed by atoms with E-state index in [0.29, 0.717) is 23.1 Å². The lowest BCUT2D eigenvalue weighted by Gasteiger charge is -2.09. The number of fused-ring (bicyclic) bond motifs is 3. The van der Waals surface area contributed by atoms with Gasteiger partial charge in [-0.15, -0.1) is 10.2 Å². The summed E-state index contributed by atoms with van der Waals surface area (Å²) in [5, 5.41) is 13.0. The molecule has 0 aliphatic rings. The van der Waals surface area contributed by atoms with Gasteiger partial charge in [-0.25, -0.2) is 13.6 Å². The Labute approximate surface area is 180 Å². The Hall–Kier alpha value is -4.47. The number of benzene rings is 1. The molecule has 0 spiro atoms. The number of hydrogen-bond donors (Lipinski definition) is 1. The molecule has 10 heteroatoms. The number of carbonyl (C=O) groups excluding carboxylic acids is 1. The lowest BCUT2D eigenvalue weighted by molar-refractivity contribution is 0.101. The molecule has 0 aliphatic heterocycles. The Morgan fingerprint density at radius 3 is 2.53 bits per heavy atom. The molecule has 1 N–H and O–H groups in total. The van der Waals surface area contributed by atoms with Gasteiger partial charge < -0.3 is 0 Å². The first-order chi connectivity index (χ1) is 15.6. The van der Waals surface area contributed by atoms with Crippen LogP contribution in [0.2, 0.25) is 0 Å². The number of halogens is 1. The fourth-order valence-electron chi connectivity index (χ4n) is 3.52. The fraction of sp³-hybridized carbons (Fsp3) is 0.0909. The van der Waals surface area contributed by atoms with Crippen LogP contribution in [0.4, 0.5) is 4.39 Å². The van der Waals surface area contributed by atoms with Crippen LogP contribution in [0, 0.1) is 5.82 Å². The Bertz CT molecular complexity index is 1530. The van der Waals surface area contributed by atoms with E-state index in [2.05, 4.69) is 25.7 Å². The van der Waals surface area contributed by atoms with Crippen LogP contribution >= 0.6 is 0 Å². The Morgan fingerprint density at radius 1 is 1.06 bits per heavy atom. The molecule has 0 atom stereocenters. The van der Waals surface area contributed by atoms with Crippen molar-refractivity contribution in [2.45, 2.75) is 13.3 Å². The quantitative estimate of drug-likeness (QED) is 0.471. The smallest absolute Gasteiger partial charge is 0.267 e. The maximum Gasteiger partial charge on any atom is 0.299 e. The summed E-state index contributed by atoms with van der Waals surface area (Å²) in [6.07, 6.45) is 5.02. The van der Waals surface area contributed by atoms with Gasteiger partial charge in [0, 0.05) is 24.2 Å². The van der Waals surface area contributed by atoms with Crippen molar-refractivity contribution in [3.05, 3.63) is 88.5 Å². The zero-order chi connectivity index (χ0) is 22.2. The number of rotatable bonds is 4. The zero-order valence-electron chi connectivity index (χ0n) is 16.9. The van der Waals surface area contributed by atoms with Crippen molar-refractivity contribution in [3.8, 4) is 11.1 Å². The second kappa shape index (κ2) is 7.65. The van der Waals surface area contributed by atoms with Gasteiger partial charge in [0.25, 0.3) is 11.5 Å². The third kappa shape index (κ3) is 3.18. The maximum atomic E-state index is 13.4. The van der Waals surface area contributed by atoms with Gasteiger partial charge in [0.15, 0.2) is 11.2 Å². The summed E-state index contributed by atoms with van der Waals surface area (Å²) < 4.78 is 16.0. The van der Waals surface area contributed by atoms with E-state index in [1.807, 2.05) is 6.92 Å². The highest BCUT2D eigenvalue weighted by Gasteiger charge is 2.19. The predicted octanol–water partition coefficient (Wildman–Crippen LogP) is 2.59. The fourth-order valence-corrected chi connectivity index (χ4v) is 3.52. The topological polar surface area (TPSA) is 107 Å². The van der Waals surface area contributed by atoms with Crippen LogP contribution in [0.25, 0.3) is 27.8 Å². The van der Waals surface area contributed by atoms with Crippen LogP contribution in [-0.2, 0) is 6.42 Å². The molecule has 0 fully saturated rings. The number of aromatic nitrogens is 6. The number of nitrogens with zero attached hydrogens (tertiary/aromatic N) is 6. The van der Waals surface area contributed by atoms with Crippen molar-refractivity contribution in [1.82, 2.24) is 29.5 Å². The van der Waals surface area contributed by atoms with Crippen LogP contribution in [0.15, 0.2) is 65.8 Å². The molecule has 0 radical (unpaired) electrons. The lowest BCUT2D eigenvalue weighted by atomic mass is 10.0. The van der Waals surface area contributed by atoms with Crippen molar-refractivity contribution in [2.75, 3.05) is 5.43 Å². The van der Waals surface area contributed by atoms with E-state index in [1.165, 1.54) is 42.9 Å². The molecule has 158 valence electrons. The molecule has 0 saturated heterocycles. The van der Waals surface area contributed by atoms with Crippen LogP contribution < -0.4 is 11.0 Å². The monoisotopic (exact) mass is 429 g/mol. The van der Waals surface area contributed by atoms with Gasteiger partial charge in [0.05, 0.1) is 11.3 Å². The molecule has 32 heavy (non-hydrogen) atoms. The minimum Gasteiger partial charge on any atom is -0.267 e. The second-order valence-electron chi connectivity index (χ2n) is 7.02. The van der Waals surface area contributed by atoms with E-state index >= 15 is 0 Å². The molecule has 4 aromatic heterocycles. The molecule has 0 bridgehead atoms. The standard InChI is InChI=1S/C22H16FN7O2/c1-2-16-18(13-3-5-15(23)6-4-13)20-26-25-19-17(30(20)27-16)9-12-29(22(19)32)28-21(31)14-7-10-24-11-8-14/h3-12H,2H2,1H3,(H,28,31).